The lowest BCUT2D eigenvalue weighted by atomic mass is 9.96. The topological polar surface area (TPSA) is 52.6 Å². The van der Waals surface area contributed by atoms with E-state index in [0.29, 0.717) is 18.1 Å². The maximum Gasteiger partial charge on any atom is 0.317 e. The van der Waals surface area contributed by atoms with Crippen molar-refractivity contribution in [1.82, 2.24) is 10.2 Å². The van der Waals surface area contributed by atoms with Crippen LogP contribution in [-0.4, -0.2) is 42.3 Å². The van der Waals surface area contributed by atoms with Gasteiger partial charge in [0.25, 0.3) is 0 Å². The van der Waals surface area contributed by atoms with Gasteiger partial charge < -0.3 is 15.3 Å². The maximum absolute atomic E-state index is 11.9. The van der Waals surface area contributed by atoms with E-state index in [1.54, 1.807) is 14.0 Å². The number of aliphatic hydroxyl groups excluding tert-OH is 1. The summed E-state index contributed by atoms with van der Waals surface area (Å²) in [5.41, 5.74) is 1.16. The smallest absolute Gasteiger partial charge is 0.317 e. The van der Waals surface area contributed by atoms with E-state index in [0.717, 1.165) is 12.0 Å². The van der Waals surface area contributed by atoms with Crippen molar-refractivity contribution < 1.29 is 9.90 Å². The highest BCUT2D eigenvalue weighted by molar-refractivity contribution is 6.30. The summed E-state index contributed by atoms with van der Waals surface area (Å²) in [7, 11) is 1.67. The zero-order valence-electron chi connectivity index (χ0n) is 12.3. The first-order chi connectivity index (χ1) is 9.43. The molecule has 0 unspecified atom stereocenters. The SMILES string of the molecule is CC[C@H](CNC(=O)N(C)C[C@H](C)O)c1ccc(Cl)cc1. The lowest BCUT2D eigenvalue weighted by molar-refractivity contribution is 0.143. The van der Waals surface area contributed by atoms with Crippen LogP contribution < -0.4 is 5.32 Å². The molecule has 2 amide bonds. The van der Waals surface area contributed by atoms with E-state index in [1.807, 2.05) is 24.3 Å². The fraction of sp³-hybridized carbons (Fsp3) is 0.533. The molecule has 0 aliphatic heterocycles. The molecular weight excluding hydrogens is 276 g/mol. The molecule has 0 saturated carbocycles. The number of nitrogens with zero attached hydrogens (tertiary/aromatic N) is 1. The molecule has 0 aromatic heterocycles. The second kappa shape index (κ2) is 8.12. The monoisotopic (exact) mass is 298 g/mol. The number of hydrogen-bond donors (Lipinski definition) is 2. The molecule has 0 aliphatic rings. The summed E-state index contributed by atoms with van der Waals surface area (Å²) in [6.07, 6.45) is 0.408. The molecule has 1 aromatic rings. The summed E-state index contributed by atoms with van der Waals surface area (Å²) in [5.74, 6) is 0.260. The van der Waals surface area contributed by atoms with E-state index in [-0.39, 0.29) is 11.9 Å². The van der Waals surface area contributed by atoms with Gasteiger partial charge in [0.05, 0.1) is 6.10 Å². The van der Waals surface area contributed by atoms with Crippen LogP contribution in [0.1, 0.15) is 31.7 Å². The minimum atomic E-state index is -0.524. The van der Waals surface area contributed by atoms with Gasteiger partial charge in [-0.1, -0.05) is 30.7 Å². The van der Waals surface area contributed by atoms with E-state index in [4.69, 9.17) is 11.6 Å². The minimum Gasteiger partial charge on any atom is -0.392 e. The van der Waals surface area contributed by atoms with Crippen LogP contribution in [0.2, 0.25) is 5.02 Å². The molecule has 1 aromatic carbocycles. The number of urea groups is 1. The van der Waals surface area contributed by atoms with Gasteiger partial charge >= 0.3 is 6.03 Å². The van der Waals surface area contributed by atoms with Gasteiger partial charge in [-0.3, -0.25) is 0 Å². The molecule has 2 atom stereocenters. The first-order valence-electron chi connectivity index (χ1n) is 6.86. The van der Waals surface area contributed by atoms with E-state index in [9.17, 15) is 9.90 Å². The maximum atomic E-state index is 11.9. The number of carbonyl (C=O) groups excluding carboxylic acids is 1. The summed E-state index contributed by atoms with van der Waals surface area (Å²) >= 11 is 5.88. The Hall–Kier alpha value is -1.26. The van der Waals surface area contributed by atoms with Crippen molar-refractivity contribution in [2.75, 3.05) is 20.1 Å². The van der Waals surface area contributed by atoms with Crippen molar-refractivity contribution in [3.8, 4) is 0 Å². The fourth-order valence-corrected chi connectivity index (χ4v) is 2.18. The second-order valence-electron chi connectivity index (χ2n) is 5.07. The van der Waals surface area contributed by atoms with Crippen LogP contribution in [0.3, 0.4) is 0 Å². The van der Waals surface area contributed by atoms with E-state index >= 15 is 0 Å². The number of nitrogens with one attached hydrogen (secondary N) is 1. The van der Waals surface area contributed by atoms with Gasteiger partial charge in [-0.25, -0.2) is 4.79 Å². The summed E-state index contributed by atoms with van der Waals surface area (Å²) in [6, 6.07) is 7.53. The Morgan fingerprint density at radius 3 is 2.50 bits per heavy atom. The van der Waals surface area contributed by atoms with Crippen molar-refractivity contribution in [1.29, 1.82) is 0 Å². The zero-order chi connectivity index (χ0) is 15.1. The summed E-state index contributed by atoms with van der Waals surface area (Å²) in [6.45, 7) is 4.64. The lowest BCUT2D eigenvalue weighted by Gasteiger charge is -2.22. The van der Waals surface area contributed by atoms with Gasteiger partial charge in [-0.05, 0) is 31.0 Å². The molecule has 0 heterocycles. The highest BCUT2D eigenvalue weighted by Gasteiger charge is 2.14. The third kappa shape index (κ3) is 5.39. The quantitative estimate of drug-likeness (QED) is 0.848. The first-order valence-corrected chi connectivity index (χ1v) is 7.24. The van der Waals surface area contributed by atoms with Crippen LogP contribution in [0.25, 0.3) is 0 Å². The summed E-state index contributed by atoms with van der Waals surface area (Å²) < 4.78 is 0. The second-order valence-corrected chi connectivity index (χ2v) is 5.51. The van der Waals surface area contributed by atoms with Crippen LogP contribution >= 0.6 is 11.6 Å². The van der Waals surface area contributed by atoms with Gasteiger partial charge in [0, 0.05) is 31.1 Å². The number of benzene rings is 1. The van der Waals surface area contributed by atoms with Crippen molar-refractivity contribution in [3.63, 3.8) is 0 Å². The summed E-state index contributed by atoms with van der Waals surface area (Å²) in [5, 5.41) is 12.9. The van der Waals surface area contributed by atoms with Crippen molar-refractivity contribution >= 4 is 17.6 Å². The zero-order valence-corrected chi connectivity index (χ0v) is 13.0. The van der Waals surface area contributed by atoms with E-state index < -0.39 is 6.10 Å². The van der Waals surface area contributed by atoms with Crippen LogP contribution in [-0.2, 0) is 0 Å². The van der Waals surface area contributed by atoms with Crippen LogP contribution in [0.4, 0.5) is 4.79 Å². The Labute approximate surface area is 125 Å². The Bertz CT molecular complexity index is 420. The third-order valence-electron chi connectivity index (χ3n) is 3.22. The van der Waals surface area contributed by atoms with E-state index in [1.165, 1.54) is 4.90 Å². The largest absolute Gasteiger partial charge is 0.392 e. The highest BCUT2D eigenvalue weighted by Crippen LogP contribution is 2.20. The number of hydrogen-bond acceptors (Lipinski definition) is 2. The predicted octanol–water partition coefficient (Wildman–Crippen LogP) is 2.86. The molecular formula is C15H23ClN2O2. The third-order valence-corrected chi connectivity index (χ3v) is 3.47. The van der Waals surface area contributed by atoms with Crippen LogP contribution in [0.15, 0.2) is 24.3 Å². The molecule has 20 heavy (non-hydrogen) atoms. The number of rotatable bonds is 6. The average molecular weight is 299 g/mol. The molecule has 0 spiro atoms. The van der Waals surface area contributed by atoms with E-state index in [2.05, 4.69) is 12.2 Å². The molecule has 2 N–H and O–H groups in total. The van der Waals surface area contributed by atoms with Crippen molar-refractivity contribution in [2.45, 2.75) is 32.3 Å². The average Bonchev–Trinajstić information content (AvgIpc) is 2.40. The minimum absolute atomic E-state index is 0.168. The Balaban J connectivity index is 2.53. The Morgan fingerprint density at radius 1 is 1.40 bits per heavy atom. The number of likely N-dealkylation sites (N-methyl/N-ethyl adjacent to an activating group) is 1. The number of amides is 2. The normalized spacial score (nSPS) is 13.7. The van der Waals surface area contributed by atoms with Gasteiger partial charge in [0.2, 0.25) is 0 Å². The molecule has 0 bridgehead atoms. The molecule has 112 valence electrons. The number of aliphatic hydroxyl groups is 1. The fourth-order valence-electron chi connectivity index (χ4n) is 2.06. The number of carbonyl (C=O) groups is 1. The van der Waals surface area contributed by atoms with Gasteiger partial charge in [-0.2, -0.15) is 0 Å². The molecule has 4 nitrogen and oxygen atoms in total. The van der Waals surface area contributed by atoms with Crippen LogP contribution in [0, 0.1) is 0 Å². The molecule has 1 rings (SSSR count). The Morgan fingerprint density at radius 2 is 2.00 bits per heavy atom. The first kappa shape index (κ1) is 16.8. The molecule has 0 fully saturated rings. The van der Waals surface area contributed by atoms with Gasteiger partial charge in [-0.15, -0.1) is 0 Å². The van der Waals surface area contributed by atoms with Crippen molar-refractivity contribution in [2.24, 2.45) is 0 Å². The standard InChI is InChI=1S/C15H23ClN2O2/c1-4-12(13-5-7-14(16)8-6-13)9-17-15(20)18(3)10-11(2)19/h5-8,11-12,19H,4,9-10H2,1-3H3,(H,17,20)/t11-,12+/m0/s1. The predicted molar refractivity (Wildman–Crippen MR) is 82.2 cm³/mol. The number of halogens is 1. The van der Waals surface area contributed by atoms with Gasteiger partial charge in [0.1, 0.15) is 0 Å². The van der Waals surface area contributed by atoms with Gasteiger partial charge in [0.15, 0.2) is 0 Å². The molecule has 5 heteroatoms. The highest BCUT2D eigenvalue weighted by atomic mass is 35.5. The molecule has 0 saturated heterocycles. The van der Waals surface area contributed by atoms with Crippen molar-refractivity contribution in [3.05, 3.63) is 34.9 Å². The summed E-state index contributed by atoms with van der Waals surface area (Å²) in [4.78, 5) is 13.4. The Kier molecular flexibility index (Phi) is 6.82. The van der Waals surface area contributed by atoms with Crippen LogP contribution in [0.5, 0.6) is 0 Å². The molecule has 0 aliphatic carbocycles. The lowest BCUT2D eigenvalue weighted by Crippen LogP contribution is -2.42. The molecule has 0 radical (unpaired) electrons.